The molecule has 0 aromatic carbocycles. The Labute approximate surface area is 95.3 Å². The Balaban J connectivity index is 3.29. The molecule has 15 heavy (non-hydrogen) atoms. The molecule has 0 aromatic heterocycles. The van der Waals surface area contributed by atoms with E-state index in [4.69, 9.17) is 9.47 Å². The van der Waals surface area contributed by atoms with E-state index in [1.54, 1.807) is 7.11 Å². The molecule has 1 atom stereocenters. The summed E-state index contributed by atoms with van der Waals surface area (Å²) in [5, 5.41) is 0. The van der Waals surface area contributed by atoms with Crippen LogP contribution < -0.4 is 0 Å². The monoisotopic (exact) mass is 216 g/mol. The zero-order chi connectivity index (χ0) is 11.6. The zero-order valence-electron chi connectivity index (χ0n) is 11.0. The lowest BCUT2D eigenvalue weighted by Crippen LogP contribution is -2.30. The summed E-state index contributed by atoms with van der Waals surface area (Å²) in [6, 6.07) is 0. The van der Waals surface area contributed by atoms with Crippen molar-refractivity contribution in [2.45, 2.75) is 71.5 Å². The lowest BCUT2D eigenvalue weighted by molar-refractivity contribution is -0.212. The summed E-state index contributed by atoms with van der Waals surface area (Å²) in [4.78, 5) is 0. The first-order valence-electron chi connectivity index (χ1n) is 6.37. The smallest absolute Gasteiger partial charge is 0.164 e. The number of rotatable bonds is 10. The summed E-state index contributed by atoms with van der Waals surface area (Å²) in [5.41, 5.74) is 0. The first kappa shape index (κ1) is 14.9. The van der Waals surface area contributed by atoms with Crippen molar-refractivity contribution >= 4 is 0 Å². The number of hydrogen-bond acceptors (Lipinski definition) is 2. The van der Waals surface area contributed by atoms with Gasteiger partial charge in [-0.1, -0.05) is 46.0 Å². The average Bonchev–Trinajstić information content (AvgIpc) is 2.27. The van der Waals surface area contributed by atoms with Crippen molar-refractivity contribution in [1.29, 1.82) is 0 Å². The molecule has 0 amide bonds. The van der Waals surface area contributed by atoms with Crippen LogP contribution in [0.1, 0.15) is 65.7 Å². The summed E-state index contributed by atoms with van der Waals surface area (Å²) in [6.45, 7) is 7.16. The molecule has 0 saturated heterocycles. The van der Waals surface area contributed by atoms with Crippen molar-refractivity contribution < 1.29 is 9.47 Å². The predicted octanol–water partition coefficient (Wildman–Crippen LogP) is 4.14. The predicted molar refractivity (Wildman–Crippen MR) is 65.0 cm³/mol. The molecule has 92 valence electrons. The highest BCUT2D eigenvalue weighted by molar-refractivity contribution is 4.58. The van der Waals surface area contributed by atoms with Crippen LogP contribution in [-0.4, -0.2) is 19.5 Å². The molecular formula is C13H28O2. The number of methoxy groups -OCH3 is 1. The van der Waals surface area contributed by atoms with Crippen LogP contribution in [0.3, 0.4) is 0 Å². The molecule has 0 aliphatic rings. The third kappa shape index (κ3) is 7.80. The number of hydrogen-bond donors (Lipinski definition) is 0. The maximum atomic E-state index is 5.71. The first-order valence-corrected chi connectivity index (χ1v) is 6.37. The Morgan fingerprint density at radius 1 is 0.933 bits per heavy atom. The second-order valence-corrected chi connectivity index (χ2v) is 4.31. The zero-order valence-corrected chi connectivity index (χ0v) is 11.0. The third-order valence-corrected chi connectivity index (χ3v) is 2.98. The average molecular weight is 216 g/mol. The van der Waals surface area contributed by atoms with Crippen molar-refractivity contribution in [1.82, 2.24) is 0 Å². The van der Waals surface area contributed by atoms with E-state index >= 15 is 0 Å². The fraction of sp³-hybridized carbons (Fsp3) is 1.00. The van der Waals surface area contributed by atoms with Crippen molar-refractivity contribution in [3.05, 3.63) is 0 Å². The molecule has 2 nitrogen and oxygen atoms in total. The summed E-state index contributed by atoms with van der Waals surface area (Å²) in [5.74, 6) is -0.372. The maximum absolute atomic E-state index is 5.71. The Bertz CT molecular complexity index is 130. The molecule has 0 aliphatic heterocycles. The van der Waals surface area contributed by atoms with Gasteiger partial charge < -0.3 is 9.47 Å². The molecule has 0 radical (unpaired) electrons. The number of unbranched alkanes of at least 4 members (excludes halogenated alkanes) is 5. The van der Waals surface area contributed by atoms with Gasteiger partial charge in [-0.15, -0.1) is 0 Å². The van der Waals surface area contributed by atoms with Gasteiger partial charge in [-0.3, -0.25) is 0 Å². The molecule has 0 N–H and O–H groups in total. The van der Waals surface area contributed by atoms with E-state index in [1.165, 1.54) is 32.1 Å². The quantitative estimate of drug-likeness (QED) is 0.404. The highest BCUT2D eigenvalue weighted by Crippen LogP contribution is 2.16. The SMILES string of the molecule is CCCCCCCCOC(C)(CC)OC. The van der Waals surface area contributed by atoms with Gasteiger partial charge in [-0.05, 0) is 19.8 Å². The number of ether oxygens (including phenoxy) is 2. The summed E-state index contributed by atoms with van der Waals surface area (Å²) in [7, 11) is 1.71. The first-order chi connectivity index (χ1) is 7.18. The van der Waals surface area contributed by atoms with Crippen LogP contribution in [0.25, 0.3) is 0 Å². The molecule has 2 heteroatoms. The molecule has 0 aliphatic carbocycles. The van der Waals surface area contributed by atoms with Gasteiger partial charge in [-0.25, -0.2) is 0 Å². The summed E-state index contributed by atoms with van der Waals surface area (Å²) >= 11 is 0. The van der Waals surface area contributed by atoms with E-state index in [1.807, 2.05) is 6.92 Å². The highest BCUT2D eigenvalue weighted by atomic mass is 16.7. The Hall–Kier alpha value is -0.0800. The minimum Gasteiger partial charge on any atom is -0.353 e. The molecule has 0 spiro atoms. The van der Waals surface area contributed by atoms with Gasteiger partial charge in [0.25, 0.3) is 0 Å². The minimum atomic E-state index is -0.372. The molecule has 1 unspecified atom stereocenters. The molecule has 0 bridgehead atoms. The van der Waals surface area contributed by atoms with Gasteiger partial charge >= 0.3 is 0 Å². The maximum Gasteiger partial charge on any atom is 0.164 e. The van der Waals surface area contributed by atoms with Gasteiger partial charge in [0.05, 0.1) is 6.61 Å². The highest BCUT2D eigenvalue weighted by Gasteiger charge is 2.20. The van der Waals surface area contributed by atoms with Gasteiger partial charge in [0.15, 0.2) is 5.79 Å². The van der Waals surface area contributed by atoms with Crippen LogP contribution in [0.4, 0.5) is 0 Å². The molecule has 0 fully saturated rings. The molecule has 0 heterocycles. The van der Waals surface area contributed by atoms with Gasteiger partial charge in [0.2, 0.25) is 0 Å². The van der Waals surface area contributed by atoms with E-state index < -0.39 is 0 Å². The van der Waals surface area contributed by atoms with Crippen molar-refractivity contribution in [3.63, 3.8) is 0 Å². The molecular weight excluding hydrogens is 188 g/mol. The van der Waals surface area contributed by atoms with Crippen LogP contribution in [-0.2, 0) is 9.47 Å². The van der Waals surface area contributed by atoms with Crippen LogP contribution in [0.5, 0.6) is 0 Å². The second-order valence-electron chi connectivity index (χ2n) is 4.31. The van der Waals surface area contributed by atoms with E-state index in [-0.39, 0.29) is 5.79 Å². The fourth-order valence-electron chi connectivity index (χ4n) is 1.48. The topological polar surface area (TPSA) is 18.5 Å². The van der Waals surface area contributed by atoms with Crippen LogP contribution >= 0.6 is 0 Å². The molecule has 0 rings (SSSR count). The van der Waals surface area contributed by atoms with Crippen molar-refractivity contribution in [2.24, 2.45) is 0 Å². The van der Waals surface area contributed by atoms with E-state index in [0.717, 1.165) is 19.4 Å². The normalized spacial score (nSPS) is 15.2. The Morgan fingerprint density at radius 2 is 1.53 bits per heavy atom. The minimum absolute atomic E-state index is 0.372. The van der Waals surface area contributed by atoms with Crippen LogP contribution in [0, 0.1) is 0 Å². The van der Waals surface area contributed by atoms with Gasteiger partial charge in [0, 0.05) is 7.11 Å². The molecule has 0 aromatic rings. The van der Waals surface area contributed by atoms with Crippen molar-refractivity contribution in [2.75, 3.05) is 13.7 Å². The van der Waals surface area contributed by atoms with E-state index in [0.29, 0.717) is 0 Å². The molecule has 0 saturated carbocycles. The Kier molecular flexibility index (Phi) is 9.12. The fourth-order valence-corrected chi connectivity index (χ4v) is 1.48. The lowest BCUT2D eigenvalue weighted by atomic mass is 10.1. The third-order valence-electron chi connectivity index (χ3n) is 2.98. The van der Waals surface area contributed by atoms with E-state index in [2.05, 4.69) is 13.8 Å². The largest absolute Gasteiger partial charge is 0.353 e. The van der Waals surface area contributed by atoms with Gasteiger partial charge in [0.1, 0.15) is 0 Å². The lowest BCUT2D eigenvalue weighted by Gasteiger charge is -2.26. The summed E-state index contributed by atoms with van der Waals surface area (Å²) in [6.07, 6.45) is 8.73. The van der Waals surface area contributed by atoms with Crippen LogP contribution in [0.2, 0.25) is 0 Å². The van der Waals surface area contributed by atoms with E-state index in [9.17, 15) is 0 Å². The second kappa shape index (κ2) is 9.17. The summed E-state index contributed by atoms with van der Waals surface area (Å²) < 4.78 is 11.0. The Morgan fingerprint density at radius 3 is 2.07 bits per heavy atom. The van der Waals surface area contributed by atoms with Crippen molar-refractivity contribution in [3.8, 4) is 0 Å². The van der Waals surface area contributed by atoms with Gasteiger partial charge in [-0.2, -0.15) is 0 Å². The van der Waals surface area contributed by atoms with Crippen LogP contribution in [0.15, 0.2) is 0 Å². The standard InChI is InChI=1S/C13H28O2/c1-5-7-8-9-10-11-12-15-13(3,6-2)14-4/h5-12H2,1-4H3.